The average Bonchev–Trinajstić information content (AvgIpc) is 2.70. The number of fused-ring (bicyclic) bond motifs is 1. The molecule has 1 aliphatic heterocycles. The van der Waals surface area contributed by atoms with Crippen LogP contribution in [0, 0.1) is 5.82 Å². The van der Waals surface area contributed by atoms with Gasteiger partial charge in [-0.2, -0.15) is 13.2 Å². The summed E-state index contributed by atoms with van der Waals surface area (Å²) in [6.45, 7) is 0.268. The van der Waals surface area contributed by atoms with Crippen molar-refractivity contribution in [2.24, 2.45) is 0 Å². The number of benzene rings is 2. The molecule has 29 heavy (non-hydrogen) atoms. The van der Waals surface area contributed by atoms with Crippen LogP contribution in [0.4, 0.5) is 23.2 Å². The van der Waals surface area contributed by atoms with Gasteiger partial charge in [0.1, 0.15) is 18.2 Å². The second kappa shape index (κ2) is 8.50. The van der Waals surface area contributed by atoms with Crippen LogP contribution in [-0.2, 0) is 22.3 Å². The summed E-state index contributed by atoms with van der Waals surface area (Å²) in [6.07, 6.45) is -5.02. The summed E-state index contributed by atoms with van der Waals surface area (Å²) in [7, 11) is 0. The molecular formula is C20H18F4N2O3. The number of ether oxygens (including phenoxy) is 1. The van der Waals surface area contributed by atoms with Gasteiger partial charge in [-0.3, -0.25) is 9.59 Å². The van der Waals surface area contributed by atoms with E-state index in [1.165, 1.54) is 4.90 Å². The summed E-state index contributed by atoms with van der Waals surface area (Å²) in [4.78, 5) is 26.0. The minimum absolute atomic E-state index is 0.101. The molecule has 0 saturated carbocycles. The van der Waals surface area contributed by atoms with Crippen LogP contribution in [0.1, 0.15) is 24.0 Å². The van der Waals surface area contributed by atoms with E-state index in [0.29, 0.717) is 30.7 Å². The third-order valence-corrected chi connectivity index (χ3v) is 4.45. The number of hydrogen-bond acceptors (Lipinski definition) is 3. The Morgan fingerprint density at radius 2 is 1.86 bits per heavy atom. The molecule has 2 aromatic carbocycles. The van der Waals surface area contributed by atoms with Crippen LogP contribution in [0.25, 0.3) is 0 Å². The monoisotopic (exact) mass is 410 g/mol. The summed E-state index contributed by atoms with van der Waals surface area (Å²) in [5, 5.41) is 2.35. The maximum atomic E-state index is 13.1. The number of anilines is 1. The van der Waals surface area contributed by atoms with Crippen molar-refractivity contribution in [3.8, 4) is 5.75 Å². The lowest BCUT2D eigenvalue weighted by molar-refractivity contribution is -0.138. The molecule has 154 valence electrons. The van der Waals surface area contributed by atoms with Gasteiger partial charge in [0.2, 0.25) is 11.8 Å². The Hall–Kier alpha value is -3.10. The van der Waals surface area contributed by atoms with Gasteiger partial charge in [0.25, 0.3) is 0 Å². The number of amides is 2. The lowest BCUT2D eigenvalue weighted by atomic mass is 10.1. The van der Waals surface area contributed by atoms with Gasteiger partial charge in [0.05, 0.1) is 17.8 Å². The molecule has 2 amide bonds. The molecule has 5 nitrogen and oxygen atoms in total. The second-order valence-corrected chi connectivity index (χ2v) is 6.44. The molecule has 0 aliphatic carbocycles. The van der Waals surface area contributed by atoms with Crippen LogP contribution < -0.4 is 15.0 Å². The summed E-state index contributed by atoms with van der Waals surface area (Å²) in [5.74, 6) is -1.29. The molecule has 9 heteroatoms. The summed E-state index contributed by atoms with van der Waals surface area (Å²) in [6, 6.07) is 9.29. The standard InChI is InChI=1S/C20H18F4N2O3/c21-14-6-5-13(15(11-14)20(22,23)24)12-25-18(27)7-8-19(28)26-9-10-29-17-4-2-1-3-16(17)26/h1-6,11H,7-10,12H2,(H,25,27). The first-order valence-electron chi connectivity index (χ1n) is 8.90. The number of alkyl halides is 3. The van der Waals surface area contributed by atoms with E-state index >= 15 is 0 Å². The number of carbonyl (C=O) groups excluding carboxylic acids is 2. The number of para-hydroxylation sites is 2. The van der Waals surface area contributed by atoms with Gasteiger partial charge in [0, 0.05) is 19.4 Å². The molecule has 3 rings (SSSR count). The third-order valence-electron chi connectivity index (χ3n) is 4.45. The molecule has 0 unspecified atom stereocenters. The highest BCUT2D eigenvalue weighted by molar-refractivity contribution is 5.97. The Morgan fingerprint density at radius 1 is 1.10 bits per heavy atom. The van der Waals surface area contributed by atoms with Crippen LogP contribution in [-0.4, -0.2) is 25.0 Å². The van der Waals surface area contributed by atoms with Crippen molar-refractivity contribution < 1.29 is 31.9 Å². The van der Waals surface area contributed by atoms with Crippen LogP contribution in [0.2, 0.25) is 0 Å². The zero-order valence-electron chi connectivity index (χ0n) is 15.3. The van der Waals surface area contributed by atoms with Gasteiger partial charge < -0.3 is 15.0 Å². The lowest BCUT2D eigenvalue weighted by Gasteiger charge is -2.29. The van der Waals surface area contributed by atoms with Gasteiger partial charge in [-0.25, -0.2) is 4.39 Å². The highest BCUT2D eigenvalue weighted by atomic mass is 19.4. The van der Waals surface area contributed by atoms with Crippen LogP contribution in [0.5, 0.6) is 5.75 Å². The van der Waals surface area contributed by atoms with Crippen molar-refractivity contribution in [2.75, 3.05) is 18.1 Å². The average molecular weight is 410 g/mol. The Labute approximate surface area is 164 Å². The first-order chi connectivity index (χ1) is 13.8. The number of carbonyl (C=O) groups is 2. The highest BCUT2D eigenvalue weighted by Gasteiger charge is 2.33. The topological polar surface area (TPSA) is 58.6 Å². The van der Waals surface area contributed by atoms with E-state index in [1.54, 1.807) is 24.3 Å². The largest absolute Gasteiger partial charge is 0.490 e. The van der Waals surface area contributed by atoms with Crippen LogP contribution in [0.3, 0.4) is 0 Å². The fourth-order valence-electron chi connectivity index (χ4n) is 3.03. The zero-order chi connectivity index (χ0) is 21.0. The highest BCUT2D eigenvalue weighted by Crippen LogP contribution is 2.33. The maximum Gasteiger partial charge on any atom is 0.416 e. The molecule has 0 saturated heterocycles. The Morgan fingerprint density at radius 3 is 2.62 bits per heavy atom. The van der Waals surface area contributed by atoms with Crippen molar-refractivity contribution in [3.05, 3.63) is 59.4 Å². The van der Waals surface area contributed by atoms with Gasteiger partial charge in [-0.05, 0) is 29.8 Å². The number of rotatable bonds is 5. The molecule has 1 heterocycles. The van der Waals surface area contributed by atoms with Crippen molar-refractivity contribution in [3.63, 3.8) is 0 Å². The van der Waals surface area contributed by atoms with E-state index in [0.717, 1.165) is 12.1 Å². The minimum Gasteiger partial charge on any atom is -0.490 e. The van der Waals surface area contributed by atoms with Crippen LogP contribution >= 0.6 is 0 Å². The molecule has 0 atom stereocenters. The smallest absolute Gasteiger partial charge is 0.416 e. The van der Waals surface area contributed by atoms with Crippen molar-refractivity contribution in [1.29, 1.82) is 0 Å². The fourth-order valence-corrected chi connectivity index (χ4v) is 3.03. The van der Waals surface area contributed by atoms with E-state index < -0.39 is 30.0 Å². The molecule has 0 fully saturated rings. The Balaban J connectivity index is 1.56. The SMILES string of the molecule is O=C(CCC(=O)N1CCOc2ccccc21)NCc1ccc(F)cc1C(F)(F)F. The fraction of sp³-hybridized carbons (Fsp3) is 0.300. The number of hydrogen-bond donors (Lipinski definition) is 1. The molecule has 0 spiro atoms. The van der Waals surface area contributed by atoms with Crippen LogP contribution in [0.15, 0.2) is 42.5 Å². The molecule has 2 aromatic rings. The molecule has 0 radical (unpaired) electrons. The predicted molar refractivity (Wildman–Crippen MR) is 96.8 cm³/mol. The van der Waals surface area contributed by atoms with E-state index in [-0.39, 0.29) is 24.3 Å². The van der Waals surface area contributed by atoms with Gasteiger partial charge in [-0.1, -0.05) is 18.2 Å². The second-order valence-electron chi connectivity index (χ2n) is 6.44. The normalized spacial score (nSPS) is 13.4. The Bertz CT molecular complexity index is 915. The maximum absolute atomic E-state index is 13.1. The first kappa shape index (κ1) is 20.6. The molecule has 1 N–H and O–H groups in total. The first-order valence-corrected chi connectivity index (χ1v) is 8.90. The molecular weight excluding hydrogens is 392 g/mol. The number of halogens is 4. The summed E-state index contributed by atoms with van der Waals surface area (Å²) >= 11 is 0. The lowest BCUT2D eigenvalue weighted by Crippen LogP contribution is -2.38. The van der Waals surface area contributed by atoms with E-state index in [2.05, 4.69) is 5.32 Å². The summed E-state index contributed by atoms with van der Waals surface area (Å²) in [5.41, 5.74) is -0.773. The quantitative estimate of drug-likeness (QED) is 0.766. The van der Waals surface area contributed by atoms with Gasteiger partial charge in [0.15, 0.2) is 0 Å². The summed E-state index contributed by atoms with van der Waals surface area (Å²) < 4.78 is 57.6. The van der Waals surface area contributed by atoms with Crippen molar-refractivity contribution in [1.82, 2.24) is 5.32 Å². The molecule has 0 bridgehead atoms. The molecule has 1 aliphatic rings. The number of nitrogens with one attached hydrogen (secondary N) is 1. The molecule has 0 aromatic heterocycles. The predicted octanol–water partition coefficient (Wildman–Crippen LogP) is 3.67. The zero-order valence-corrected chi connectivity index (χ0v) is 15.3. The van der Waals surface area contributed by atoms with E-state index in [4.69, 9.17) is 4.74 Å². The van der Waals surface area contributed by atoms with Gasteiger partial charge in [-0.15, -0.1) is 0 Å². The number of nitrogens with zero attached hydrogens (tertiary/aromatic N) is 1. The van der Waals surface area contributed by atoms with Gasteiger partial charge >= 0.3 is 6.18 Å². The van der Waals surface area contributed by atoms with E-state index in [1.807, 2.05) is 0 Å². The Kier molecular flexibility index (Phi) is 6.05. The van der Waals surface area contributed by atoms with Crippen molar-refractivity contribution >= 4 is 17.5 Å². The minimum atomic E-state index is -4.73. The third kappa shape index (κ3) is 5.04. The van der Waals surface area contributed by atoms with E-state index in [9.17, 15) is 27.2 Å². The van der Waals surface area contributed by atoms with Crippen molar-refractivity contribution in [2.45, 2.75) is 25.6 Å².